The molecule has 0 amide bonds. The predicted octanol–water partition coefficient (Wildman–Crippen LogP) is 3.05. The molecule has 90 valence electrons. The van der Waals surface area contributed by atoms with Gasteiger partial charge >= 0.3 is 0 Å². The fourth-order valence-corrected chi connectivity index (χ4v) is 2.29. The third kappa shape index (κ3) is 4.86. The molecule has 16 heavy (non-hydrogen) atoms. The van der Waals surface area contributed by atoms with E-state index in [1.807, 2.05) is 6.07 Å². The lowest BCUT2D eigenvalue weighted by Gasteiger charge is -2.03. The largest absolute Gasteiger partial charge is 0.396 e. The quantitative estimate of drug-likeness (QED) is 0.439. The van der Waals surface area contributed by atoms with Crippen LogP contribution >= 0.6 is 11.8 Å². The van der Waals surface area contributed by atoms with Crippen LogP contribution in [-0.2, 0) is 0 Å². The molecule has 2 nitrogen and oxygen atoms in total. The molecule has 0 aliphatic heterocycles. The van der Waals surface area contributed by atoms with E-state index in [0.29, 0.717) is 0 Å². The molecule has 0 radical (unpaired) electrons. The second-order valence-corrected chi connectivity index (χ2v) is 4.84. The average Bonchev–Trinajstić information content (AvgIpc) is 2.28. The monoisotopic (exact) mass is 243 g/mol. The second-order valence-electron chi connectivity index (χ2n) is 3.67. The smallest absolute Gasteiger partial charge is 0.147 e. The molecule has 0 atom stereocenters. The van der Waals surface area contributed by atoms with Crippen molar-refractivity contribution < 1.29 is 9.50 Å². The number of hydrogen-bond donors (Lipinski definition) is 2. The van der Waals surface area contributed by atoms with Crippen LogP contribution in [-0.4, -0.2) is 17.5 Å². The summed E-state index contributed by atoms with van der Waals surface area (Å²) in [5.41, 5.74) is 5.59. The first kappa shape index (κ1) is 13.3. The van der Waals surface area contributed by atoms with E-state index in [1.165, 1.54) is 6.07 Å². The fraction of sp³-hybridized carbons (Fsp3) is 0.500. The SMILES string of the molecule is Nc1ccc(SCCCCCCO)cc1F. The van der Waals surface area contributed by atoms with Gasteiger partial charge < -0.3 is 10.8 Å². The van der Waals surface area contributed by atoms with E-state index < -0.39 is 0 Å². The summed E-state index contributed by atoms with van der Waals surface area (Å²) in [5.74, 6) is 0.639. The van der Waals surface area contributed by atoms with Crippen molar-refractivity contribution in [3.8, 4) is 0 Å². The van der Waals surface area contributed by atoms with Gasteiger partial charge in [0.05, 0.1) is 5.69 Å². The molecule has 0 aromatic heterocycles. The summed E-state index contributed by atoms with van der Waals surface area (Å²) in [6.07, 6.45) is 4.15. The lowest BCUT2D eigenvalue weighted by Crippen LogP contribution is -1.90. The van der Waals surface area contributed by atoms with Crippen LogP contribution in [0.5, 0.6) is 0 Å². The van der Waals surface area contributed by atoms with E-state index in [4.69, 9.17) is 10.8 Å². The van der Waals surface area contributed by atoms with Gasteiger partial charge in [0.15, 0.2) is 0 Å². The Balaban J connectivity index is 2.19. The van der Waals surface area contributed by atoms with Crippen LogP contribution in [0.2, 0.25) is 0 Å². The summed E-state index contributed by atoms with van der Waals surface area (Å²) in [5, 5.41) is 8.60. The van der Waals surface area contributed by atoms with Gasteiger partial charge in [0, 0.05) is 11.5 Å². The van der Waals surface area contributed by atoms with Crippen molar-refractivity contribution in [2.45, 2.75) is 30.6 Å². The molecule has 4 heteroatoms. The third-order valence-electron chi connectivity index (χ3n) is 2.29. The minimum Gasteiger partial charge on any atom is -0.396 e. The zero-order valence-electron chi connectivity index (χ0n) is 9.29. The van der Waals surface area contributed by atoms with Crippen LogP contribution in [0, 0.1) is 5.82 Å². The summed E-state index contributed by atoms with van der Waals surface area (Å²) in [7, 11) is 0. The summed E-state index contributed by atoms with van der Waals surface area (Å²) in [6, 6.07) is 4.92. The van der Waals surface area contributed by atoms with Crippen molar-refractivity contribution in [3.05, 3.63) is 24.0 Å². The van der Waals surface area contributed by atoms with Crippen molar-refractivity contribution >= 4 is 17.4 Å². The lowest BCUT2D eigenvalue weighted by atomic mass is 10.2. The van der Waals surface area contributed by atoms with Gasteiger partial charge in [-0.1, -0.05) is 12.8 Å². The summed E-state index contributed by atoms with van der Waals surface area (Å²) in [4.78, 5) is 0.925. The highest BCUT2D eigenvalue weighted by atomic mass is 32.2. The van der Waals surface area contributed by atoms with E-state index >= 15 is 0 Å². The first-order valence-electron chi connectivity index (χ1n) is 5.52. The van der Waals surface area contributed by atoms with Crippen LogP contribution in [0.3, 0.4) is 0 Å². The second kappa shape index (κ2) is 7.52. The molecule has 0 heterocycles. The van der Waals surface area contributed by atoms with Gasteiger partial charge in [0.2, 0.25) is 0 Å². The zero-order chi connectivity index (χ0) is 11.8. The maximum absolute atomic E-state index is 13.1. The standard InChI is InChI=1S/C12H18FNOS/c13-11-9-10(5-6-12(11)14)16-8-4-2-1-3-7-15/h5-6,9,15H,1-4,7-8,14H2. The maximum atomic E-state index is 13.1. The van der Waals surface area contributed by atoms with E-state index in [9.17, 15) is 4.39 Å². The van der Waals surface area contributed by atoms with E-state index in [0.717, 1.165) is 36.3 Å². The minimum absolute atomic E-state index is 0.201. The number of rotatable bonds is 7. The molecular weight excluding hydrogens is 225 g/mol. The van der Waals surface area contributed by atoms with Gasteiger partial charge in [-0.3, -0.25) is 0 Å². The number of aliphatic hydroxyl groups excluding tert-OH is 1. The highest BCUT2D eigenvalue weighted by molar-refractivity contribution is 7.99. The summed E-state index contributed by atoms with van der Waals surface area (Å²) in [6.45, 7) is 0.274. The molecule has 0 spiro atoms. The van der Waals surface area contributed by atoms with Crippen LogP contribution in [0.25, 0.3) is 0 Å². The zero-order valence-corrected chi connectivity index (χ0v) is 10.1. The first-order chi connectivity index (χ1) is 7.74. The van der Waals surface area contributed by atoms with Crippen LogP contribution < -0.4 is 5.73 Å². The van der Waals surface area contributed by atoms with Gasteiger partial charge in [0.1, 0.15) is 5.82 Å². The Kier molecular flexibility index (Phi) is 6.26. The molecule has 0 aliphatic carbocycles. The van der Waals surface area contributed by atoms with Gasteiger partial charge in [-0.05, 0) is 36.8 Å². The molecule has 0 saturated heterocycles. The van der Waals surface area contributed by atoms with Gasteiger partial charge in [-0.15, -0.1) is 11.8 Å². The van der Waals surface area contributed by atoms with Gasteiger partial charge in [-0.2, -0.15) is 0 Å². The number of unbranched alkanes of at least 4 members (excludes halogenated alkanes) is 3. The number of aliphatic hydroxyl groups is 1. The molecule has 0 fully saturated rings. The Hall–Kier alpha value is -0.740. The fourth-order valence-electron chi connectivity index (χ4n) is 1.36. The van der Waals surface area contributed by atoms with E-state index in [2.05, 4.69) is 0 Å². The van der Waals surface area contributed by atoms with E-state index in [1.54, 1.807) is 17.8 Å². The molecular formula is C12H18FNOS. The molecule has 0 bridgehead atoms. The number of anilines is 1. The molecule has 1 rings (SSSR count). The molecule has 0 aliphatic rings. The lowest BCUT2D eigenvalue weighted by molar-refractivity contribution is 0.283. The Labute approximate surface area is 100 Å². The molecule has 3 N–H and O–H groups in total. The van der Waals surface area contributed by atoms with Crippen molar-refractivity contribution in [2.75, 3.05) is 18.1 Å². The number of hydrogen-bond acceptors (Lipinski definition) is 3. The summed E-state index contributed by atoms with van der Waals surface area (Å²) < 4.78 is 13.1. The molecule has 0 saturated carbocycles. The Morgan fingerprint density at radius 3 is 2.62 bits per heavy atom. The van der Waals surface area contributed by atoms with Crippen molar-refractivity contribution in [1.29, 1.82) is 0 Å². The van der Waals surface area contributed by atoms with Crippen LogP contribution in [0.4, 0.5) is 10.1 Å². The van der Waals surface area contributed by atoms with Gasteiger partial charge in [-0.25, -0.2) is 4.39 Å². The first-order valence-corrected chi connectivity index (χ1v) is 6.51. The normalized spacial score (nSPS) is 10.6. The maximum Gasteiger partial charge on any atom is 0.147 e. The van der Waals surface area contributed by atoms with Crippen LogP contribution in [0.1, 0.15) is 25.7 Å². The number of nitrogens with two attached hydrogens (primary N) is 1. The Morgan fingerprint density at radius 2 is 1.94 bits per heavy atom. The number of halogens is 1. The molecule has 1 aromatic rings. The van der Waals surface area contributed by atoms with E-state index in [-0.39, 0.29) is 18.1 Å². The Bertz CT molecular complexity index is 320. The molecule has 0 unspecified atom stereocenters. The molecule has 1 aromatic carbocycles. The van der Waals surface area contributed by atoms with Crippen molar-refractivity contribution in [1.82, 2.24) is 0 Å². The highest BCUT2D eigenvalue weighted by Crippen LogP contribution is 2.23. The number of nitrogen functional groups attached to an aromatic ring is 1. The third-order valence-corrected chi connectivity index (χ3v) is 3.37. The van der Waals surface area contributed by atoms with Crippen molar-refractivity contribution in [3.63, 3.8) is 0 Å². The summed E-state index contributed by atoms with van der Waals surface area (Å²) >= 11 is 1.64. The van der Waals surface area contributed by atoms with Crippen molar-refractivity contribution in [2.24, 2.45) is 0 Å². The Morgan fingerprint density at radius 1 is 1.19 bits per heavy atom. The predicted molar refractivity (Wildman–Crippen MR) is 67.1 cm³/mol. The topological polar surface area (TPSA) is 46.2 Å². The van der Waals surface area contributed by atoms with Crippen LogP contribution in [0.15, 0.2) is 23.1 Å². The number of thioether (sulfide) groups is 1. The minimum atomic E-state index is -0.342. The number of benzene rings is 1. The highest BCUT2D eigenvalue weighted by Gasteiger charge is 2.00. The average molecular weight is 243 g/mol. The van der Waals surface area contributed by atoms with Gasteiger partial charge in [0.25, 0.3) is 0 Å².